The van der Waals surface area contributed by atoms with Gasteiger partial charge in [0.05, 0.1) is 70.0 Å². The quantitative estimate of drug-likeness (QED) is 0.0152. The van der Waals surface area contributed by atoms with Gasteiger partial charge >= 0.3 is 23.9 Å². The first kappa shape index (κ1) is 74.5. The number of hydrogen-bond acceptors (Lipinski definition) is 16. The largest absolute Gasteiger partial charge is 0.469 e. The Kier molecular flexibility index (Phi) is 32.3. The Bertz CT molecular complexity index is 3720. The summed E-state index contributed by atoms with van der Waals surface area (Å²) >= 11 is 8.26. The number of allylic oxidation sites excluding steroid dienone is 3. The molecule has 0 atom stereocenters. The fourth-order valence-corrected chi connectivity index (χ4v) is 11.8. The van der Waals surface area contributed by atoms with Crippen LogP contribution in [-0.2, 0) is 100.0 Å². The van der Waals surface area contributed by atoms with Crippen molar-refractivity contribution < 1.29 is 57.1 Å². The van der Waals surface area contributed by atoms with E-state index < -0.39 is 0 Å². The van der Waals surface area contributed by atoms with Crippen LogP contribution in [0.5, 0.6) is 0 Å². The standard InChI is InChI=1S/C29H35N2O5S.C20H26N2O3S.C13H14N2OS.C9H9BrO2/c1-5-6-9-27-30(15-14-28(33)35-3)20-25(17-24(21(2)32)18-26-8-7-16-37-26)31(27)19-22-10-12-23(13-11-22)29(34)36-4;1-4-5-8-19-21-17(14-22(19)10-9-20(24)25-3)12-16(15(2)23)13-18-7-6-11-26-18;1-9(16)11(7-13-4-3-5-17-13)6-12-8-14-10(2)15-12;1-12-9(11)8-4-2-7(6-10)3-5-8/h7-8,10-13,16-17,20H,5-6,9,14-15,18-19H2,1-4H3;6-7,11-12,14H,4-5,8-10,13H2,1-3H3;3-6,8H,7H2,1-2H3,(H,14,15);2-5H,6H2,1H3/q+1;;;/b24-17+;16-12+;11-6+;. The molecule has 0 spiro atoms. The minimum absolute atomic E-state index is 0.0276. The third kappa shape index (κ3) is 25.1. The maximum Gasteiger partial charge on any atom is 0.337 e. The summed E-state index contributed by atoms with van der Waals surface area (Å²) in [5.74, 6) is 1.89. The van der Waals surface area contributed by atoms with Crippen LogP contribution in [0.15, 0.2) is 136 Å². The number of unbranched alkanes of at least 4 members (excludes halogenated alkanes) is 2. The number of ketones is 3. The van der Waals surface area contributed by atoms with Gasteiger partial charge in [-0.05, 0) is 128 Å². The normalized spacial score (nSPS) is 11.3. The number of esters is 4. The molecule has 92 heavy (non-hydrogen) atoms. The SMILES string of the molecule is CC(=O)/C(=C/c1cnc(C)[nH]1)Cc1cccs1.CCCCc1n(Cc2ccc(C(=O)OC)cc2)c(/C=C(\Cc2cccs2)C(C)=O)c[n+]1CCC(=O)OC.CCCCc1nc(/C=C(\Cc2cccs2)C(C)=O)cn1CCC(=O)OC.COC(=O)c1ccc(CBr)cc1. The Morgan fingerprint density at radius 2 is 1.11 bits per heavy atom. The van der Waals surface area contributed by atoms with Gasteiger partial charge < -0.3 is 28.5 Å². The number of nitrogens with zero attached hydrogens (tertiary/aromatic N) is 5. The van der Waals surface area contributed by atoms with Gasteiger partial charge in [0.15, 0.2) is 23.0 Å². The Labute approximate surface area is 560 Å². The Morgan fingerprint density at radius 3 is 1.55 bits per heavy atom. The van der Waals surface area contributed by atoms with E-state index in [1.165, 1.54) is 33.3 Å². The molecule has 0 fully saturated rings. The zero-order valence-corrected chi connectivity index (χ0v) is 58.3. The number of H-pyrrole nitrogens is 1. The highest BCUT2D eigenvalue weighted by atomic mass is 79.9. The molecule has 0 saturated carbocycles. The van der Waals surface area contributed by atoms with Crippen LogP contribution >= 0.6 is 49.9 Å². The number of halogens is 1. The van der Waals surface area contributed by atoms with Gasteiger partial charge in [-0.1, -0.05) is 85.1 Å². The molecule has 6 heterocycles. The highest BCUT2D eigenvalue weighted by Gasteiger charge is 2.25. The summed E-state index contributed by atoms with van der Waals surface area (Å²) < 4.78 is 25.3. The smallest absolute Gasteiger partial charge is 0.337 e. The second kappa shape index (κ2) is 39.9. The van der Waals surface area contributed by atoms with E-state index in [0.717, 1.165) is 116 Å². The predicted octanol–water partition coefficient (Wildman–Crippen LogP) is 14.2. The summed E-state index contributed by atoms with van der Waals surface area (Å²) in [7, 11) is 5.53. The maximum atomic E-state index is 12.6. The first-order chi connectivity index (χ1) is 44.3. The Morgan fingerprint density at radius 1 is 0.620 bits per heavy atom. The number of alkyl halides is 1. The van der Waals surface area contributed by atoms with E-state index in [4.69, 9.17) is 14.2 Å². The van der Waals surface area contributed by atoms with Crippen molar-refractivity contribution in [2.45, 2.75) is 137 Å². The van der Waals surface area contributed by atoms with E-state index >= 15 is 0 Å². The van der Waals surface area contributed by atoms with Crippen LogP contribution in [0.25, 0.3) is 18.2 Å². The van der Waals surface area contributed by atoms with Gasteiger partial charge in [0, 0.05) is 81.5 Å². The number of thiophene rings is 3. The van der Waals surface area contributed by atoms with Gasteiger partial charge in [-0.2, -0.15) is 0 Å². The van der Waals surface area contributed by atoms with E-state index in [1.807, 2.05) is 119 Å². The lowest BCUT2D eigenvalue weighted by atomic mass is 10.1. The second-order valence-electron chi connectivity index (χ2n) is 21.3. The minimum atomic E-state index is -0.375. The lowest BCUT2D eigenvalue weighted by Crippen LogP contribution is -2.38. The van der Waals surface area contributed by atoms with Crippen molar-refractivity contribution in [1.29, 1.82) is 0 Å². The minimum Gasteiger partial charge on any atom is -0.469 e. The van der Waals surface area contributed by atoms with Gasteiger partial charge in [0.2, 0.25) is 0 Å². The van der Waals surface area contributed by atoms with Crippen LogP contribution in [0.2, 0.25) is 0 Å². The second-order valence-corrected chi connectivity index (χ2v) is 24.9. The molecule has 2 aromatic carbocycles. The van der Waals surface area contributed by atoms with Gasteiger partial charge in [-0.3, -0.25) is 24.0 Å². The average Bonchev–Trinajstić information content (AvgIpc) is 1.68. The maximum absolute atomic E-state index is 12.6. The molecule has 0 unspecified atom stereocenters. The number of carbonyl (C=O) groups excluding carboxylic acids is 7. The van der Waals surface area contributed by atoms with Crippen LogP contribution in [0.1, 0.15) is 154 Å². The average molecular weight is 1370 g/mol. The monoisotopic (exact) mass is 1370 g/mol. The molecule has 0 aliphatic rings. The fraction of sp³-hybridized carbons (Fsp3) is 0.352. The number of hydrogen-bond donors (Lipinski definition) is 1. The van der Waals surface area contributed by atoms with Crippen molar-refractivity contribution in [3.8, 4) is 0 Å². The van der Waals surface area contributed by atoms with E-state index in [9.17, 15) is 33.6 Å². The summed E-state index contributed by atoms with van der Waals surface area (Å²) in [6, 6.07) is 26.7. The van der Waals surface area contributed by atoms with E-state index in [-0.39, 0.29) is 47.6 Å². The van der Waals surface area contributed by atoms with Crippen molar-refractivity contribution in [2.24, 2.45) is 0 Å². The number of aromatic nitrogens is 6. The van der Waals surface area contributed by atoms with Crippen LogP contribution < -0.4 is 4.57 Å². The van der Waals surface area contributed by atoms with Crippen LogP contribution in [-0.4, -0.2) is 93.8 Å². The van der Waals surface area contributed by atoms with Gasteiger partial charge in [-0.25, -0.2) is 28.7 Å². The molecule has 0 aliphatic heterocycles. The van der Waals surface area contributed by atoms with Gasteiger partial charge in [-0.15, -0.1) is 34.0 Å². The van der Waals surface area contributed by atoms with Crippen LogP contribution in [0.3, 0.4) is 0 Å². The zero-order chi connectivity index (χ0) is 67.0. The number of carbonyl (C=O) groups is 7. The summed E-state index contributed by atoms with van der Waals surface area (Å²) in [6.45, 7) is 12.5. The Hall–Kier alpha value is -8.24. The fourth-order valence-electron chi connectivity index (χ4n) is 9.20. The molecule has 0 amide bonds. The van der Waals surface area contributed by atoms with Crippen LogP contribution in [0, 0.1) is 6.92 Å². The van der Waals surface area contributed by atoms with Crippen LogP contribution in [0.4, 0.5) is 0 Å². The molecule has 8 rings (SSSR count). The molecule has 17 nitrogen and oxygen atoms in total. The van der Waals surface area contributed by atoms with E-state index in [2.05, 4.69) is 58.6 Å². The third-order valence-corrected chi connectivity index (χ3v) is 17.6. The third-order valence-electron chi connectivity index (χ3n) is 14.3. The lowest BCUT2D eigenvalue weighted by molar-refractivity contribution is -0.702. The van der Waals surface area contributed by atoms with Crippen molar-refractivity contribution in [3.63, 3.8) is 0 Å². The molecule has 0 aliphatic carbocycles. The van der Waals surface area contributed by atoms with Gasteiger partial charge in [0.25, 0.3) is 5.82 Å². The number of aryl methyl sites for hydroxylation is 4. The summed E-state index contributed by atoms with van der Waals surface area (Å²) in [4.78, 5) is 97.8. The van der Waals surface area contributed by atoms with E-state index in [0.29, 0.717) is 56.4 Å². The number of benzene rings is 2. The van der Waals surface area contributed by atoms with E-state index in [1.54, 1.807) is 85.2 Å². The molecule has 1 N–H and O–H groups in total. The molecule has 488 valence electrons. The molecule has 0 radical (unpaired) electrons. The number of ether oxygens (including phenoxy) is 4. The highest BCUT2D eigenvalue weighted by Crippen LogP contribution is 2.23. The summed E-state index contributed by atoms with van der Waals surface area (Å²) in [5, 5.41) is 6.84. The van der Waals surface area contributed by atoms with Crippen molar-refractivity contribution >= 4 is 109 Å². The summed E-state index contributed by atoms with van der Waals surface area (Å²) in [5.41, 5.74) is 8.05. The number of aromatic amines is 1. The molecular weight excluding hydrogens is 1290 g/mol. The molecule has 21 heteroatoms. The first-order valence-corrected chi connectivity index (χ1v) is 34.0. The molecular formula is C71H84BrN6O11S3+. The first-order valence-electron chi connectivity index (χ1n) is 30.3. The van der Waals surface area contributed by atoms with Crippen molar-refractivity contribution in [3.05, 3.63) is 208 Å². The van der Waals surface area contributed by atoms with Gasteiger partial charge in [0.1, 0.15) is 30.9 Å². The number of methoxy groups -OCH3 is 4. The predicted molar refractivity (Wildman–Crippen MR) is 368 cm³/mol. The lowest BCUT2D eigenvalue weighted by Gasteiger charge is -2.08. The molecule has 8 aromatic rings. The topological polar surface area (TPSA) is 212 Å². The Balaban J connectivity index is 0.000000241. The highest BCUT2D eigenvalue weighted by molar-refractivity contribution is 9.08. The number of imidazole rings is 3. The molecule has 0 bridgehead atoms. The number of nitrogens with one attached hydrogen (secondary N) is 1. The molecule has 6 aromatic heterocycles. The number of Topliss-reactive ketones (excluding diaryl/α,β-unsaturated/α-hetero) is 3. The number of rotatable bonds is 29. The molecule has 0 saturated heterocycles. The zero-order valence-electron chi connectivity index (χ0n) is 54.2. The van der Waals surface area contributed by atoms with Crippen molar-refractivity contribution in [1.82, 2.24) is 24.1 Å². The summed E-state index contributed by atoms with van der Waals surface area (Å²) in [6.07, 6.45) is 19.6. The van der Waals surface area contributed by atoms with Crippen molar-refractivity contribution in [2.75, 3.05) is 28.4 Å².